The molecule has 0 bridgehead atoms. The van der Waals surface area contributed by atoms with Crippen molar-refractivity contribution in [1.29, 1.82) is 0 Å². The van der Waals surface area contributed by atoms with Gasteiger partial charge in [-0.2, -0.15) is 0 Å². The molecule has 0 rings (SSSR count). The van der Waals surface area contributed by atoms with Crippen LogP contribution < -0.4 is 34.9 Å². The molecule has 0 aromatic rings. The van der Waals surface area contributed by atoms with E-state index < -0.39 is 5.97 Å². The third kappa shape index (κ3) is 14.8. The van der Waals surface area contributed by atoms with E-state index in [9.17, 15) is 4.79 Å². The number of carboxylic acids is 1. The number of carboxylic acid groups (broad SMARTS) is 1. The van der Waals surface area contributed by atoms with E-state index in [1.807, 2.05) is 0 Å². The van der Waals surface area contributed by atoms with Crippen molar-refractivity contribution in [2.24, 2.45) is 5.92 Å². The van der Waals surface area contributed by atoms with E-state index in [0.29, 0.717) is 12.3 Å². The molecule has 0 aliphatic heterocycles. The number of unbranched alkanes of at least 4 members (excludes halogenated alkanes) is 7. The van der Waals surface area contributed by atoms with Gasteiger partial charge in [0.05, 0.1) is 0 Å². The van der Waals surface area contributed by atoms with Crippen LogP contribution in [-0.4, -0.2) is 23.7 Å². The molecule has 0 saturated carbocycles. The van der Waals surface area contributed by atoms with E-state index in [0.717, 1.165) is 13.0 Å². The Morgan fingerprint density at radius 2 is 1.55 bits per heavy atom. The van der Waals surface area contributed by atoms with Crippen LogP contribution >= 0.6 is 0 Å². The molecule has 0 saturated heterocycles. The summed E-state index contributed by atoms with van der Waals surface area (Å²) in [4.78, 5) is 11.0. The molecule has 116 valence electrons. The Balaban J connectivity index is -0.00000162. The Hall–Kier alpha value is 0.430. The summed E-state index contributed by atoms with van der Waals surface area (Å²) < 4.78 is 0. The number of hydrogen-bond donors (Lipinski definition) is 2. The van der Waals surface area contributed by atoms with Gasteiger partial charge < -0.3 is 11.8 Å². The van der Waals surface area contributed by atoms with Gasteiger partial charge in [0.1, 0.15) is 6.04 Å². The Kier molecular flexibility index (Phi) is 18.0. The predicted molar refractivity (Wildman–Crippen MR) is 82.6 cm³/mol. The van der Waals surface area contributed by atoms with E-state index >= 15 is 0 Å². The van der Waals surface area contributed by atoms with Crippen molar-refractivity contribution in [2.75, 3.05) is 6.54 Å². The van der Waals surface area contributed by atoms with E-state index in [4.69, 9.17) is 5.11 Å². The Morgan fingerprint density at radius 3 is 2.00 bits per heavy atom. The first-order chi connectivity index (χ1) is 9.07. The minimum Gasteiger partial charge on any atom is -1.00 e. The van der Waals surface area contributed by atoms with Gasteiger partial charge in [-0.1, -0.05) is 65.7 Å². The zero-order valence-electron chi connectivity index (χ0n) is 15.1. The van der Waals surface area contributed by atoms with Crippen molar-refractivity contribution in [3.8, 4) is 0 Å². The molecular weight excluding hydrogens is 261 g/mol. The average Bonchev–Trinajstić information content (AvgIpc) is 2.34. The maximum atomic E-state index is 11.0. The van der Waals surface area contributed by atoms with Crippen molar-refractivity contribution in [3.63, 3.8) is 0 Å². The largest absolute Gasteiger partial charge is 1.00 e. The zero-order chi connectivity index (χ0) is 14.5. The molecule has 0 aliphatic carbocycles. The van der Waals surface area contributed by atoms with Crippen LogP contribution in [0.25, 0.3) is 0 Å². The maximum absolute atomic E-state index is 11.0. The first-order valence-electron chi connectivity index (χ1n) is 8.04. The molecule has 20 heavy (non-hydrogen) atoms. The molecule has 3 nitrogen and oxygen atoms in total. The van der Waals surface area contributed by atoms with Gasteiger partial charge in [-0.3, -0.25) is 4.79 Å². The van der Waals surface area contributed by atoms with Crippen molar-refractivity contribution in [1.82, 2.24) is 5.32 Å². The van der Waals surface area contributed by atoms with Gasteiger partial charge in [0.2, 0.25) is 0 Å². The van der Waals surface area contributed by atoms with Gasteiger partial charge in [0.25, 0.3) is 0 Å². The first-order valence-corrected chi connectivity index (χ1v) is 8.04. The molecule has 0 fully saturated rings. The summed E-state index contributed by atoms with van der Waals surface area (Å²) >= 11 is 0. The van der Waals surface area contributed by atoms with Gasteiger partial charge in [-0.05, 0) is 25.3 Å². The Bertz CT molecular complexity index is 228. The fourth-order valence-corrected chi connectivity index (χ4v) is 2.28. The smallest absolute Gasteiger partial charge is 1.00 e. The summed E-state index contributed by atoms with van der Waals surface area (Å²) in [5, 5.41) is 12.2. The van der Waals surface area contributed by atoms with Crippen LogP contribution in [0.5, 0.6) is 0 Å². The quantitative estimate of drug-likeness (QED) is 0.398. The van der Waals surface area contributed by atoms with Crippen molar-refractivity contribution >= 4 is 5.97 Å². The maximum Gasteiger partial charge on any atom is 1.00 e. The molecular formula is C16H34NNaO2. The van der Waals surface area contributed by atoms with Gasteiger partial charge >= 0.3 is 35.5 Å². The Labute approximate surface area is 149 Å². The van der Waals surface area contributed by atoms with Crippen molar-refractivity contribution < 1.29 is 40.9 Å². The van der Waals surface area contributed by atoms with Gasteiger partial charge in [-0.15, -0.1) is 0 Å². The summed E-state index contributed by atoms with van der Waals surface area (Å²) in [5.41, 5.74) is 0. The summed E-state index contributed by atoms with van der Waals surface area (Å²) in [6.07, 6.45) is 11.0. The summed E-state index contributed by atoms with van der Waals surface area (Å²) in [6.45, 7) is 7.20. The molecule has 1 atom stereocenters. The SMILES string of the molecule is CCCCCCCCCCNC(CC(C)C)C(=O)O.[H-].[Na+]. The molecule has 0 aromatic heterocycles. The Morgan fingerprint density at radius 1 is 1.05 bits per heavy atom. The van der Waals surface area contributed by atoms with E-state index in [1.165, 1.54) is 44.9 Å². The molecule has 0 aromatic carbocycles. The predicted octanol–water partition coefficient (Wildman–Crippen LogP) is 1.33. The van der Waals surface area contributed by atoms with E-state index in [2.05, 4.69) is 26.1 Å². The monoisotopic (exact) mass is 295 g/mol. The second kappa shape index (κ2) is 15.8. The molecule has 0 amide bonds. The second-order valence-corrected chi connectivity index (χ2v) is 5.95. The second-order valence-electron chi connectivity index (χ2n) is 5.95. The summed E-state index contributed by atoms with van der Waals surface area (Å²) in [7, 11) is 0. The van der Waals surface area contributed by atoms with Crippen LogP contribution in [0.15, 0.2) is 0 Å². The van der Waals surface area contributed by atoms with Gasteiger partial charge in [0, 0.05) is 0 Å². The average molecular weight is 295 g/mol. The molecule has 0 aliphatic rings. The third-order valence-electron chi connectivity index (χ3n) is 3.43. The van der Waals surface area contributed by atoms with Crippen LogP contribution in [0.4, 0.5) is 0 Å². The summed E-state index contributed by atoms with van der Waals surface area (Å²) in [6, 6.07) is -0.371. The first kappa shape index (κ1) is 22.7. The van der Waals surface area contributed by atoms with Crippen LogP contribution in [0.3, 0.4) is 0 Å². The van der Waals surface area contributed by atoms with Crippen molar-refractivity contribution in [3.05, 3.63) is 0 Å². The summed E-state index contributed by atoms with van der Waals surface area (Å²) in [5.74, 6) is -0.291. The van der Waals surface area contributed by atoms with Crippen LogP contribution in [0, 0.1) is 5.92 Å². The number of rotatable bonds is 13. The fourth-order valence-electron chi connectivity index (χ4n) is 2.28. The normalized spacial score (nSPS) is 12.2. The van der Waals surface area contributed by atoms with E-state index in [1.54, 1.807) is 0 Å². The number of aliphatic carboxylic acids is 1. The van der Waals surface area contributed by atoms with Crippen LogP contribution in [-0.2, 0) is 4.79 Å². The topological polar surface area (TPSA) is 49.3 Å². The molecule has 2 N–H and O–H groups in total. The standard InChI is InChI=1S/C16H33NO2.Na.H/c1-4-5-6-7-8-9-10-11-12-17-15(16(18)19)13-14(2)3;;/h14-15,17H,4-13H2,1-3H3,(H,18,19);;/q;+1;-1. The molecule has 1 unspecified atom stereocenters. The molecule has 0 radical (unpaired) electrons. The fraction of sp³-hybridized carbons (Fsp3) is 0.938. The van der Waals surface area contributed by atoms with Crippen LogP contribution in [0.1, 0.15) is 80.0 Å². The number of carbonyl (C=O) groups is 1. The molecule has 0 heterocycles. The molecule has 4 heteroatoms. The minimum absolute atomic E-state index is 0. The van der Waals surface area contributed by atoms with Crippen LogP contribution in [0.2, 0.25) is 0 Å². The van der Waals surface area contributed by atoms with Gasteiger partial charge in [0.15, 0.2) is 0 Å². The molecule has 0 spiro atoms. The number of nitrogens with one attached hydrogen (secondary N) is 1. The van der Waals surface area contributed by atoms with E-state index in [-0.39, 0.29) is 37.0 Å². The minimum atomic E-state index is -0.715. The van der Waals surface area contributed by atoms with Gasteiger partial charge in [-0.25, -0.2) is 0 Å². The third-order valence-corrected chi connectivity index (χ3v) is 3.43. The van der Waals surface area contributed by atoms with Crippen molar-refractivity contribution in [2.45, 2.75) is 84.6 Å². The zero-order valence-corrected chi connectivity index (χ0v) is 16.1. The number of hydrogen-bond acceptors (Lipinski definition) is 2.